The third-order valence-corrected chi connectivity index (χ3v) is 10.9. The van der Waals surface area contributed by atoms with Crippen LogP contribution in [0.5, 0.6) is 0 Å². The van der Waals surface area contributed by atoms with Crippen LogP contribution in [0.3, 0.4) is 0 Å². The summed E-state index contributed by atoms with van der Waals surface area (Å²) in [6.07, 6.45) is 0. The number of benzene rings is 6. The van der Waals surface area contributed by atoms with Crippen molar-refractivity contribution in [3.8, 4) is 33.6 Å². The van der Waals surface area contributed by atoms with Crippen molar-refractivity contribution in [2.45, 2.75) is 52.5 Å². The highest BCUT2D eigenvalue weighted by Gasteiger charge is 2.50. The van der Waals surface area contributed by atoms with Crippen molar-refractivity contribution in [2.24, 2.45) is 0 Å². The summed E-state index contributed by atoms with van der Waals surface area (Å²) in [5.41, 5.74) is 16.1. The van der Waals surface area contributed by atoms with Gasteiger partial charge in [0.05, 0.1) is 22.1 Å². The summed E-state index contributed by atoms with van der Waals surface area (Å²) in [5, 5.41) is 17.3. The van der Waals surface area contributed by atoms with Crippen LogP contribution in [0, 0.1) is 0 Å². The van der Waals surface area contributed by atoms with Crippen LogP contribution in [-0.2, 0) is 11.0 Å². The summed E-state index contributed by atoms with van der Waals surface area (Å²) in [6, 6.07) is 33.9. The summed E-state index contributed by atoms with van der Waals surface area (Å²) >= 11 is 0. The Morgan fingerprint density at radius 3 is 2.04 bits per heavy atom. The van der Waals surface area contributed by atoms with Gasteiger partial charge < -0.3 is 0 Å². The van der Waals surface area contributed by atoms with Gasteiger partial charge in [-0.15, -0.1) is 4.68 Å². The van der Waals surface area contributed by atoms with E-state index >= 15 is 0 Å². The van der Waals surface area contributed by atoms with Crippen molar-refractivity contribution in [1.29, 1.82) is 0 Å². The molecule has 3 aliphatic heterocycles. The molecule has 11 rings (SSSR count). The fraction of sp³-hybridized carbons (Fsp3) is 0.195. The number of rotatable bonds is 1. The van der Waals surface area contributed by atoms with Gasteiger partial charge in [0.1, 0.15) is 5.54 Å². The summed E-state index contributed by atoms with van der Waals surface area (Å²) < 4.78 is 6.76. The second-order valence-electron chi connectivity index (χ2n) is 15.7. The van der Waals surface area contributed by atoms with Crippen molar-refractivity contribution >= 4 is 66.6 Å². The number of aromatic nitrogens is 5. The van der Waals surface area contributed by atoms with Crippen molar-refractivity contribution in [3.63, 3.8) is 0 Å². The van der Waals surface area contributed by atoms with Gasteiger partial charge in [0, 0.05) is 16.3 Å². The van der Waals surface area contributed by atoms with Gasteiger partial charge in [-0.25, -0.2) is 4.68 Å². The van der Waals surface area contributed by atoms with Crippen LogP contribution in [0.25, 0.3) is 77.1 Å². The Labute approximate surface area is 273 Å². The molecule has 0 atom stereocenters. The molecule has 224 valence electrons. The van der Waals surface area contributed by atoms with Gasteiger partial charge in [0.15, 0.2) is 11.2 Å². The summed E-state index contributed by atoms with van der Waals surface area (Å²) in [5.74, 6) is 0. The molecule has 0 saturated heterocycles. The maximum Gasteiger partial charge on any atom is 0.260 e. The SMILES string of the molecule is CC(C)(C)c1nn2c3c4c(ccc13)-c1c3ccccc3c(-c3ccccc3)c3cc5c6c(c13)B4c1c-2cccc1-n6n[n+]5C(C)(C)C. The van der Waals surface area contributed by atoms with E-state index in [2.05, 4.69) is 147 Å². The molecule has 5 heterocycles. The number of hydrogen-bond acceptors (Lipinski definition) is 2. The summed E-state index contributed by atoms with van der Waals surface area (Å²) in [4.78, 5) is 0. The normalized spacial score (nSPS) is 14.1. The predicted octanol–water partition coefficient (Wildman–Crippen LogP) is 6.80. The third kappa shape index (κ3) is 2.92. The van der Waals surface area contributed by atoms with E-state index in [0.29, 0.717) is 0 Å². The second kappa shape index (κ2) is 8.00. The topological polar surface area (TPSA) is 39.5 Å². The van der Waals surface area contributed by atoms with Crippen LogP contribution in [0.15, 0.2) is 91.0 Å². The Bertz CT molecular complexity index is 2750. The molecule has 0 unspecified atom stereocenters. The third-order valence-electron chi connectivity index (χ3n) is 10.9. The Morgan fingerprint density at radius 2 is 1.32 bits per heavy atom. The van der Waals surface area contributed by atoms with Crippen molar-refractivity contribution in [1.82, 2.24) is 19.7 Å². The van der Waals surface area contributed by atoms with E-state index < -0.39 is 0 Å². The van der Waals surface area contributed by atoms with Gasteiger partial charge in [0.25, 0.3) is 6.71 Å². The Hall–Kier alpha value is -5.23. The van der Waals surface area contributed by atoms with Crippen LogP contribution in [0.1, 0.15) is 47.2 Å². The maximum absolute atomic E-state index is 5.43. The molecular formula is C41H33BN5+. The quantitative estimate of drug-likeness (QED) is 0.117. The summed E-state index contributed by atoms with van der Waals surface area (Å²) in [6.45, 7) is 13.7. The van der Waals surface area contributed by atoms with Gasteiger partial charge in [-0.2, -0.15) is 5.10 Å². The molecule has 0 aliphatic carbocycles. The van der Waals surface area contributed by atoms with Crippen molar-refractivity contribution in [2.75, 3.05) is 0 Å². The second-order valence-corrected chi connectivity index (χ2v) is 15.7. The van der Waals surface area contributed by atoms with Gasteiger partial charge in [0.2, 0.25) is 5.52 Å². The highest BCUT2D eigenvalue weighted by Crippen LogP contribution is 2.48. The first kappa shape index (κ1) is 25.9. The fourth-order valence-electron chi connectivity index (χ4n) is 9.16. The molecule has 47 heavy (non-hydrogen) atoms. The first-order chi connectivity index (χ1) is 22.6. The van der Waals surface area contributed by atoms with E-state index in [1.807, 2.05) is 0 Å². The molecule has 3 aliphatic rings. The monoisotopic (exact) mass is 606 g/mol. The molecule has 0 N–H and O–H groups in total. The minimum absolute atomic E-state index is 0.0815. The zero-order chi connectivity index (χ0) is 31.7. The molecule has 0 saturated carbocycles. The van der Waals surface area contributed by atoms with E-state index in [1.54, 1.807) is 0 Å². The van der Waals surface area contributed by atoms with Crippen LogP contribution in [-0.4, -0.2) is 26.4 Å². The van der Waals surface area contributed by atoms with Gasteiger partial charge in [-0.05, 0) is 93.7 Å². The average molecular weight is 607 g/mol. The molecule has 6 heteroatoms. The molecule has 0 bridgehead atoms. The lowest BCUT2D eigenvalue weighted by Gasteiger charge is -2.35. The van der Waals surface area contributed by atoms with Crippen LogP contribution in [0.2, 0.25) is 0 Å². The van der Waals surface area contributed by atoms with Gasteiger partial charge in [-0.1, -0.05) is 98.2 Å². The standard InChI is InChI=1S/C41H33BN5/c1-40(2,3)39-26-20-19-25-32-24-16-11-10-15-23(24)31(22-13-8-7-9-14-22)27-21-30-38-36(33(27)32)42-34(25)37(26)45(43-39)28-17-12-18-29(35(28)42)46(38)44-47(30)41(4,5)6/h7-21H,1-6H3/q+1. The smallest absolute Gasteiger partial charge is 0.234 e. The molecule has 6 aromatic carbocycles. The van der Waals surface area contributed by atoms with E-state index in [9.17, 15) is 0 Å². The fourth-order valence-corrected chi connectivity index (χ4v) is 9.16. The van der Waals surface area contributed by atoms with E-state index in [1.165, 1.54) is 87.8 Å². The van der Waals surface area contributed by atoms with Crippen molar-refractivity contribution < 1.29 is 4.68 Å². The number of hydrogen-bond donors (Lipinski definition) is 0. The molecular weight excluding hydrogens is 573 g/mol. The molecule has 2 aromatic heterocycles. The minimum atomic E-state index is -0.220. The predicted molar refractivity (Wildman–Crippen MR) is 194 cm³/mol. The summed E-state index contributed by atoms with van der Waals surface area (Å²) in [7, 11) is 0. The van der Waals surface area contributed by atoms with Gasteiger partial charge >= 0.3 is 0 Å². The van der Waals surface area contributed by atoms with Crippen molar-refractivity contribution in [3.05, 3.63) is 96.7 Å². The van der Waals surface area contributed by atoms with E-state index in [4.69, 9.17) is 10.3 Å². The molecule has 5 nitrogen and oxygen atoms in total. The van der Waals surface area contributed by atoms with Crippen LogP contribution >= 0.6 is 0 Å². The molecule has 0 spiro atoms. The van der Waals surface area contributed by atoms with Crippen LogP contribution in [0.4, 0.5) is 0 Å². The molecule has 8 aromatic rings. The lowest BCUT2D eigenvalue weighted by atomic mass is 9.31. The molecule has 0 radical (unpaired) electrons. The lowest BCUT2D eigenvalue weighted by molar-refractivity contribution is -0.785. The van der Waals surface area contributed by atoms with E-state index in [0.717, 1.165) is 11.4 Å². The van der Waals surface area contributed by atoms with Gasteiger partial charge in [-0.3, -0.25) is 0 Å². The zero-order valence-corrected chi connectivity index (χ0v) is 27.5. The minimum Gasteiger partial charge on any atom is -0.234 e. The lowest BCUT2D eigenvalue weighted by Crippen LogP contribution is -2.61. The average Bonchev–Trinajstić information content (AvgIpc) is 3.65. The first-order valence-electron chi connectivity index (χ1n) is 16.8. The first-order valence-corrected chi connectivity index (χ1v) is 16.8. The Kier molecular flexibility index (Phi) is 4.41. The zero-order valence-electron chi connectivity index (χ0n) is 27.5. The number of nitrogens with zero attached hydrogens (tertiary/aromatic N) is 5. The van der Waals surface area contributed by atoms with Crippen LogP contribution < -0.4 is 21.1 Å². The Morgan fingerprint density at radius 1 is 0.617 bits per heavy atom. The molecule has 0 fully saturated rings. The highest BCUT2D eigenvalue weighted by molar-refractivity contribution is 7.03. The maximum atomic E-state index is 5.43. The molecule has 0 amide bonds. The Balaban J connectivity index is 1.48. The highest BCUT2D eigenvalue weighted by atomic mass is 15.5. The number of fused-ring (bicyclic) bond motifs is 5. The van der Waals surface area contributed by atoms with E-state index in [-0.39, 0.29) is 17.7 Å². The largest absolute Gasteiger partial charge is 0.260 e.